The number of sulfonamides is 1. The van der Waals surface area contributed by atoms with Crippen molar-refractivity contribution in [2.75, 3.05) is 50.8 Å². The number of likely N-dealkylation sites (tertiary alicyclic amines) is 1. The summed E-state index contributed by atoms with van der Waals surface area (Å²) >= 11 is 0. The third-order valence-electron chi connectivity index (χ3n) is 7.28. The number of piperidine rings is 1. The normalized spacial score (nSPS) is 20.4. The van der Waals surface area contributed by atoms with Crippen molar-refractivity contribution in [3.63, 3.8) is 0 Å². The number of carbonyl (C=O) groups excluding carboxylic acids is 1. The zero-order valence-corrected chi connectivity index (χ0v) is 22.4. The lowest BCUT2D eigenvalue weighted by molar-refractivity contribution is 0.0454. The Morgan fingerprint density at radius 2 is 1.84 bits per heavy atom. The molecule has 38 heavy (non-hydrogen) atoms. The van der Waals surface area contributed by atoms with Crippen molar-refractivity contribution in [1.29, 1.82) is 0 Å². The Bertz CT molecular complexity index is 1220. The van der Waals surface area contributed by atoms with Gasteiger partial charge in [0.15, 0.2) is 0 Å². The third-order valence-corrected chi connectivity index (χ3v) is 8.85. The van der Waals surface area contributed by atoms with Gasteiger partial charge in [-0.25, -0.2) is 23.2 Å². The van der Waals surface area contributed by atoms with E-state index in [9.17, 15) is 13.2 Å². The molecule has 2 aliphatic heterocycles. The molecule has 4 heterocycles. The molecular weight excluding hydrogens is 508 g/mol. The van der Waals surface area contributed by atoms with Crippen LogP contribution < -0.4 is 9.64 Å². The van der Waals surface area contributed by atoms with Crippen LogP contribution in [0.4, 0.5) is 10.6 Å². The Hall–Kier alpha value is -3.25. The fraction of sp³-hybridized carbons (Fsp3) is 0.538. The zero-order chi connectivity index (χ0) is 26.6. The van der Waals surface area contributed by atoms with Crippen LogP contribution in [0.15, 0.2) is 42.3 Å². The van der Waals surface area contributed by atoms with Crippen LogP contribution >= 0.6 is 0 Å². The van der Waals surface area contributed by atoms with E-state index in [1.165, 1.54) is 9.71 Å². The molecule has 0 radical (unpaired) electrons. The van der Waals surface area contributed by atoms with Gasteiger partial charge in [0.25, 0.3) is 0 Å². The van der Waals surface area contributed by atoms with Crippen LogP contribution in [0.1, 0.15) is 38.2 Å². The van der Waals surface area contributed by atoms with Crippen LogP contribution in [0.3, 0.4) is 0 Å². The number of anilines is 1. The maximum absolute atomic E-state index is 12.7. The van der Waals surface area contributed by atoms with Gasteiger partial charge in [0.05, 0.1) is 19.0 Å². The molecule has 11 nitrogen and oxygen atoms in total. The monoisotopic (exact) mass is 542 g/mol. The van der Waals surface area contributed by atoms with Gasteiger partial charge in [0, 0.05) is 57.1 Å². The summed E-state index contributed by atoms with van der Waals surface area (Å²) in [4.78, 5) is 29.0. The van der Waals surface area contributed by atoms with E-state index < -0.39 is 10.0 Å². The van der Waals surface area contributed by atoms with Gasteiger partial charge in [-0.15, -0.1) is 0 Å². The Kier molecular flexibility index (Phi) is 7.80. The summed E-state index contributed by atoms with van der Waals surface area (Å²) in [5.41, 5.74) is 0.492. The van der Waals surface area contributed by atoms with Gasteiger partial charge >= 0.3 is 6.09 Å². The smallest absolute Gasteiger partial charge is 0.410 e. The van der Waals surface area contributed by atoms with E-state index in [0.717, 1.165) is 31.2 Å². The summed E-state index contributed by atoms with van der Waals surface area (Å²) in [6.45, 7) is 5.63. The SMILES string of the molecule is CC1(OC(=O)N2CCC(COc3cnc(N4CCN(S(=O)(=O)C=Cc5cccnc5)CC4)cn3)CC2)CC1. The van der Waals surface area contributed by atoms with E-state index in [-0.39, 0.29) is 11.7 Å². The highest BCUT2D eigenvalue weighted by Crippen LogP contribution is 2.39. The van der Waals surface area contributed by atoms with E-state index >= 15 is 0 Å². The molecule has 0 atom stereocenters. The van der Waals surface area contributed by atoms with Gasteiger partial charge in [0.1, 0.15) is 11.4 Å². The molecule has 2 aromatic heterocycles. The van der Waals surface area contributed by atoms with E-state index in [4.69, 9.17) is 9.47 Å². The first-order valence-corrected chi connectivity index (χ1v) is 14.6. The first-order chi connectivity index (χ1) is 18.3. The quantitative estimate of drug-likeness (QED) is 0.496. The molecule has 12 heteroatoms. The molecule has 1 aliphatic carbocycles. The first-order valence-electron chi connectivity index (χ1n) is 13.1. The molecular formula is C26H34N6O5S. The number of ether oxygens (including phenoxy) is 2. The lowest BCUT2D eigenvalue weighted by Crippen LogP contribution is -2.48. The highest BCUT2D eigenvalue weighted by molar-refractivity contribution is 7.92. The van der Waals surface area contributed by atoms with Gasteiger partial charge in [-0.2, -0.15) is 4.31 Å². The van der Waals surface area contributed by atoms with Crippen molar-refractivity contribution < 1.29 is 22.7 Å². The number of aromatic nitrogens is 3. The summed E-state index contributed by atoms with van der Waals surface area (Å²) in [5.74, 6) is 1.50. The Morgan fingerprint density at radius 1 is 1.08 bits per heavy atom. The molecule has 3 fully saturated rings. The van der Waals surface area contributed by atoms with Crippen LogP contribution in [0.2, 0.25) is 0 Å². The highest BCUT2D eigenvalue weighted by Gasteiger charge is 2.43. The molecule has 0 bridgehead atoms. The van der Waals surface area contributed by atoms with Crippen LogP contribution in [0, 0.1) is 5.92 Å². The van der Waals surface area contributed by atoms with Crippen molar-refractivity contribution in [2.45, 2.75) is 38.2 Å². The number of carbonyl (C=O) groups is 1. The summed E-state index contributed by atoms with van der Waals surface area (Å²) < 4.78 is 38.3. The molecule has 3 aliphatic rings. The fourth-order valence-electron chi connectivity index (χ4n) is 4.48. The summed E-state index contributed by atoms with van der Waals surface area (Å²) in [7, 11) is -3.51. The summed E-state index contributed by atoms with van der Waals surface area (Å²) in [5, 5.41) is 1.23. The molecule has 2 saturated heterocycles. The molecule has 0 aromatic carbocycles. The van der Waals surface area contributed by atoms with Crippen LogP contribution in [0.25, 0.3) is 6.08 Å². The maximum atomic E-state index is 12.7. The second-order valence-corrected chi connectivity index (χ2v) is 12.1. The van der Waals surface area contributed by atoms with E-state index in [2.05, 4.69) is 15.0 Å². The number of amides is 1. The maximum Gasteiger partial charge on any atom is 0.410 e. The number of pyridine rings is 1. The van der Waals surface area contributed by atoms with Crippen molar-refractivity contribution in [2.24, 2.45) is 5.92 Å². The van der Waals surface area contributed by atoms with Gasteiger partial charge in [-0.05, 0) is 56.2 Å². The molecule has 0 spiro atoms. The predicted molar refractivity (Wildman–Crippen MR) is 142 cm³/mol. The fourth-order valence-corrected chi connectivity index (χ4v) is 5.66. The van der Waals surface area contributed by atoms with Gasteiger partial charge in [-0.1, -0.05) is 6.07 Å². The van der Waals surface area contributed by atoms with Crippen molar-refractivity contribution in [1.82, 2.24) is 24.2 Å². The number of piperazine rings is 1. The lowest BCUT2D eigenvalue weighted by Gasteiger charge is -2.33. The standard InChI is InChI=1S/C26H34N6O5S/c1-26(7-8-26)37-25(33)31-10-4-22(5-11-31)20-36-24-19-28-23(18-29-24)30-12-14-32(15-13-30)38(34,35)16-6-21-3-2-9-27-17-21/h2-3,6,9,16-19,22H,4-5,7-8,10-15,20H2,1H3. The van der Waals surface area contributed by atoms with E-state index in [1.807, 2.05) is 11.8 Å². The third kappa shape index (κ3) is 6.79. The van der Waals surface area contributed by atoms with Crippen LogP contribution in [0.5, 0.6) is 5.88 Å². The Labute approximate surface area is 223 Å². The minimum Gasteiger partial charge on any atom is -0.476 e. The minimum atomic E-state index is -3.51. The van der Waals surface area contributed by atoms with E-state index in [1.54, 1.807) is 47.9 Å². The molecule has 5 rings (SSSR count). The molecule has 0 N–H and O–H groups in total. The first kappa shape index (κ1) is 26.4. The minimum absolute atomic E-state index is 0.203. The summed E-state index contributed by atoms with van der Waals surface area (Å²) in [6, 6.07) is 3.57. The molecule has 1 saturated carbocycles. The van der Waals surface area contributed by atoms with E-state index in [0.29, 0.717) is 63.5 Å². The Balaban J connectivity index is 1.04. The lowest BCUT2D eigenvalue weighted by atomic mass is 9.98. The second-order valence-electron chi connectivity index (χ2n) is 10.3. The number of nitrogens with zero attached hydrogens (tertiary/aromatic N) is 6. The second kappa shape index (κ2) is 11.2. The largest absolute Gasteiger partial charge is 0.476 e. The number of hydrogen-bond acceptors (Lipinski definition) is 9. The van der Waals surface area contributed by atoms with Gasteiger partial charge in [0.2, 0.25) is 15.9 Å². The van der Waals surface area contributed by atoms with Crippen LogP contribution in [-0.4, -0.2) is 90.1 Å². The van der Waals surface area contributed by atoms with Gasteiger partial charge in [-0.3, -0.25) is 4.98 Å². The molecule has 2 aromatic rings. The highest BCUT2D eigenvalue weighted by atomic mass is 32.2. The number of rotatable bonds is 8. The van der Waals surface area contributed by atoms with Crippen molar-refractivity contribution in [3.05, 3.63) is 47.9 Å². The van der Waals surface area contributed by atoms with Crippen molar-refractivity contribution in [3.8, 4) is 5.88 Å². The molecule has 204 valence electrons. The summed E-state index contributed by atoms with van der Waals surface area (Å²) in [6.07, 6.45) is 11.5. The Morgan fingerprint density at radius 3 is 2.47 bits per heavy atom. The average molecular weight is 543 g/mol. The van der Waals surface area contributed by atoms with Crippen molar-refractivity contribution >= 4 is 28.0 Å². The number of hydrogen-bond donors (Lipinski definition) is 0. The zero-order valence-electron chi connectivity index (χ0n) is 21.6. The molecule has 0 unspecified atom stereocenters. The average Bonchev–Trinajstić information content (AvgIpc) is 3.68. The van der Waals surface area contributed by atoms with Crippen LogP contribution in [-0.2, 0) is 14.8 Å². The molecule has 1 amide bonds. The topological polar surface area (TPSA) is 118 Å². The predicted octanol–water partition coefficient (Wildman–Crippen LogP) is 2.77. The van der Waals surface area contributed by atoms with Gasteiger partial charge < -0.3 is 19.3 Å².